The number of thiophene rings is 1. The van der Waals surface area contributed by atoms with Gasteiger partial charge in [0.15, 0.2) is 0 Å². The first kappa shape index (κ1) is 20.6. The molecule has 0 amide bonds. The first-order chi connectivity index (χ1) is 12.6. The van der Waals surface area contributed by atoms with Gasteiger partial charge in [0.25, 0.3) is 0 Å². The van der Waals surface area contributed by atoms with Crippen molar-refractivity contribution >= 4 is 40.6 Å². The first-order valence-corrected chi connectivity index (χ1v) is 10.7. The Morgan fingerprint density at radius 3 is 2.58 bits per heavy atom. The standard InChI is InChI=1S/C20H28N2O2S2/c1-5-6-7-8-10-21-16-12-14(2)18(15(3)13-16)22-26-17-9-11-25-19(17)20(23)24-4/h9,11-13,21-22H,5-8,10H2,1-4H3. The molecule has 1 heterocycles. The van der Waals surface area contributed by atoms with E-state index in [9.17, 15) is 4.79 Å². The molecule has 1 aromatic heterocycles. The normalized spacial score (nSPS) is 10.6. The van der Waals surface area contributed by atoms with Gasteiger partial charge in [0, 0.05) is 12.2 Å². The lowest BCUT2D eigenvalue weighted by Gasteiger charge is -2.15. The highest BCUT2D eigenvalue weighted by Gasteiger charge is 2.15. The average molecular weight is 393 g/mol. The van der Waals surface area contributed by atoms with Gasteiger partial charge in [-0.3, -0.25) is 0 Å². The van der Waals surface area contributed by atoms with Crippen molar-refractivity contribution in [2.75, 3.05) is 23.7 Å². The van der Waals surface area contributed by atoms with Gasteiger partial charge in [-0.1, -0.05) is 26.2 Å². The summed E-state index contributed by atoms with van der Waals surface area (Å²) in [4.78, 5) is 13.3. The van der Waals surface area contributed by atoms with Crippen molar-refractivity contribution in [3.8, 4) is 0 Å². The van der Waals surface area contributed by atoms with Gasteiger partial charge in [0.05, 0.1) is 17.7 Å². The number of unbranched alkanes of at least 4 members (excludes halogenated alkanes) is 3. The second-order valence-corrected chi connectivity index (χ2v) is 8.05. The van der Waals surface area contributed by atoms with Crippen LogP contribution in [0.4, 0.5) is 11.4 Å². The Hall–Kier alpha value is -1.66. The Balaban J connectivity index is 1.98. The monoisotopic (exact) mass is 392 g/mol. The predicted octanol–water partition coefficient (Wildman–Crippen LogP) is 6.26. The maximum absolute atomic E-state index is 11.8. The molecule has 0 radical (unpaired) electrons. The van der Waals surface area contributed by atoms with Crippen LogP contribution >= 0.6 is 23.3 Å². The lowest BCUT2D eigenvalue weighted by Crippen LogP contribution is -2.04. The average Bonchev–Trinajstić information content (AvgIpc) is 3.08. The Morgan fingerprint density at radius 2 is 1.92 bits per heavy atom. The summed E-state index contributed by atoms with van der Waals surface area (Å²) in [6, 6.07) is 6.28. The molecule has 0 aliphatic heterocycles. The van der Waals surface area contributed by atoms with Crippen LogP contribution in [0.3, 0.4) is 0 Å². The second-order valence-electron chi connectivity index (χ2n) is 6.28. The molecule has 0 spiro atoms. The van der Waals surface area contributed by atoms with E-state index >= 15 is 0 Å². The summed E-state index contributed by atoms with van der Waals surface area (Å²) in [6.07, 6.45) is 5.05. The first-order valence-electron chi connectivity index (χ1n) is 9.00. The van der Waals surface area contributed by atoms with Crippen LogP contribution in [0.15, 0.2) is 28.5 Å². The summed E-state index contributed by atoms with van der Waals surface area (Å²) in [5.74, 6) is -0.291. The number of carbonyl (C=O) groups excluding carboxylic acids is 1. The summed E-state index contributed by atoms with van der Waals surface area (Å²) in [5.41, 5.74) is 4.62. The molecular formula is C20H28N2O2S2. The number of carbonyl (C=O) groups is 1. The summed E-state index contributed by atoms with van der Waals surface area (Å²) in [6.45, 7) is 7.45. The zero-order chi connectivity index (χ0) is 18.9. The molecule has 2 N–H and O–H groups in total. The van der Waals surface area contributed by atoms with Gasteiger partial charge >= 0.3 is 5.97 Å². The van der Waals surface area contributed by atoms with Crippen molar-refractivity contribution in [3.63, 3.8) is 0 Å². The second kappa shape index (κ2) is 10.5. The topological polar surface area (TPSA) is 50.4 Å². The lowest BCUT2D eigenvalue weighted by atomic mass is 10.1. The van der Waals surface area contributed by atoms with E-state index in [1.807, 2.05) is 11.4 Å². The molecule has 0 bridgehead atoms. The summed E-state index contributed by atoms with van der Waals surface area (Å²) in [7, 11) is 1.41. The van der Waals surface area contributed by atoms with E-state index < -0.39 is 0 Å². The highest BCUT2D eigenvalue weighted by Crippen LogP contribution is 2.33. The molecule has 6 heteroatoms. The molecule has 2 aromatic rings. The van der Waals surface area contributed by atoms with Crippen molar-refractivity contribution in [3.05, 3.63) is 39.6 Å². The number of nitrogens with one attached hydrogen (secondary N) is 2. The van der Waals surface area contributed by atoms with E-state index in [1.165, 1.54) is 67.2 Å². The molecule has 0 aliphatic rings. The fraction of sp³-hybridized carbons (Fsp3) is 0.450. The third-order valence-electron chi connectivity index (χ3n) is 4.16. The highest BCUT2D eigenvalue weighted by atomic mass is 32.2. The number of hydrogen-bond acceptors (Lipinski definition) is 6. The van der Waals surface area contributed by atoms with E-state index in [0.717, 1.165) is 22.8 Å². The molecule has 142 valence electrons. The highest BCUT2D eigenvalue weighted by molar-refractivity contribution is 8.00. The number of rotatable bonds is 10. The summed E-state index contributed by atoms with van der Waals surface area (Å²) < 4.78 is 8.24. The number of methoxy groups -OCH3 is 1. The number of ether oxygens (including phenoxy) is 1. The molecule has 0 atom stereocenters. The molecule has 4 nitrogen and oxygen atoms in total. The largest absolute Gasteiger partial charge is 0.465 e. The summed E-state index contributed by atoms with van der Waals surface area (Å²) in [5, 5.41) is 5.42. The van der Waals surface area contributed by atoms with Crippen molar-refractivity contribution in [2.45, 2.75) is 51.3 Å². The molecular weight excluding hydrogens is 364 g/mol. The van der Waals surface area contributed by atoms with Gasteiger partial charge in [-0.15, -0.1) is 11.3 Å². The molecule has 0 fully saturated rings. The van der Waals surface area contributed by atoms with Crippen LogP contribution in [0.25, 0.3) is 0 Å². The molecule has 0 saturated heterocycles. The van der Waals surface area contributed by atoms with Gasteiger partial charge in [-0.25, -0.2) is 4.79 Å². The summed E-state index contributed by atoms with van der Waals surface area (Å²) >= 11 is 2.85. The van der Waals surface area contributed by atoms with Crippen LogP contribution in [0.5, 0.6) is 0 Å². The SMILES string of the molecule is CCCCCCNc1cc(C)c(NSc2ccsc2C(=O)OC)c(C)c1. The van der Waals surface area contributed by atoms with Crippen molar-refractivity contribution in [2.24, 2.45) is 0 Å². The molecule has 0 aliphatic carbocycles. The van der Waals surface area contributed by atoms with Crippen LogP contribution in [0.2, 0.25) is 0 Å². The molecule has 2 rings (SSSR count). The van der Waals surface area contributed by atoms with Gasteiger partial charge < -0.3 is 14.8 Å². The Labute approximate surface area is 164 Å². The van der Waals surface area contributed by atoms with E-state index in [1.54, 1.807) is 0 Å². The van der Waals surface area contributed by atoms with E-state index in [4.69, 9.17) is 4.74 Å². The smallest absolute Gasteiger partial charge is 0.349 e. The third-order valence-corrected chi connectivity index (χ3v) is 6.05. The quantitative estimate of drug-likeness (QED) is 0.284. The number of hydrogen-bond donors (Lipinski definition) is 2. The third kappa shape index (κ3) is 5.68. The molecule has 0 saturated carbocycles. The van der Waals surface area contributed by atoms with Crippen molar-refractivity contribution < 1.29 is 9.53 Å². The van der Waals surface area contributed by atoms with Crippen molar-refractivity contribution in [1.82, 2.24) is 0 Å². The van der Waals surface area contributed by atoms with Crippen LogP contribution in [0, 0.1) is 13.8 Å². The number of benzene rings is 1. The van der Waals surface area contributed by atoms with Gasteiger partial charge in [-0.2, -0.15) is 0 Å². The van der Waals surface area contributed by atoms with E-state index in [2.05, 4.69) is 42.9 Å². The number of esters is 1. The van der Waals surface area contributed by atoms with Gasteiger partial charge in [0.1, 0.15) is 4.88 Å². The van der Waals surface area contributed by atoms with Gasteiger partial charge in [-0.05, 0) is 66.9 Å². The minimum atomic E-state index is -0.291. The zero-order valence-electron chi connectivity index (χ0n) is 16.0. The van der Waals surface area contributed by atoms with Crippen LogP contribution in [-0.2, 0) is 4.74 Å². The number of anilines is 2. The van der Waals surface area contributed by atoms with Crippen LogP contribution in [0.1, 0.15) is 53.4 Å². The fourth-order valence-corrected chi connectivity index (χ4v) is 4.64. The van der Waals surface area contributed by atoms with Crippen molar-refractivity contribution in [1.29, 1.82) is 0 Å². The van der Waals surface area contributed by atoms with E-state index in [0.29, 0.717) is 4.88 Å². The fourth-order valence-electron chi connectivity index (χ4n) is 2.74. The predicted molar refractivity (Wildman–Crippen MR) is 114 cm³/mol. The lowest BCUT2D eigenvalue weighted by molar-refractivity contribution is 0.0603. The Morgan fingerprint density at radius 1 is 1.19 bits per heavy atom. The Bertz CT molecular complexity index is 705. The van der Waals surface area contributed by atoms with Gasteiger partial charge in [0.2, 0.25) is 0 Å². The molecule has 1 aromatic carbocycles. The Kier molecular flexibility index (Phi) is 8.32. The zero-order valence-corrected chi connectivity index (χ0v) is 17.6. The molecule has 26 heavy (non-hydrogen) atoms. The minimum absolute atomic E-state index is 0.291. The van der Waals surface area contributed by atoms with Crippen LogP contribution in [-0.4, -0.2) is 19.6 Å². The maximum Gasteiger partial charge on any atom is 0.349 e. The maximum atomic E-state index is 11.8. The number of aryl methyl sites for hydroxylation is 2. The van der Waals surface area contributed by atoms with E-state index in [-0.39, 0.29) is 5.97 Å². The molecule has 0 unspecified atom stereocenters. The van der Waals surface area contributed by atoms with Crippen LogP contribution < -0.4 is 10.0 Å². The minimum Gasteiger partial charge on any atom is -0.465 e.